The first kappa shape index (κ1) is 18.6. The standard InChI is InChI=1S/C17H17N3O6S/c21-16-7-6-12(10-15(16)17(22)19-8-1-2-9-19)18-27(25,26)14-5-3-4-13(11-14)20(23)24/h3-7,10-11,18,21H,1-2,8-9H2. The smallest absolute Gasteiger partial charge is 0.270 e. The highest BCUT2D eigenvalue weighted by Crippen LogP contribution is 2.27. The molecular formula is C17H17N3O6S. The van der Waals surface area contributed by atoms with Gasteiger partial charge in [0.05, 0.1) is 15.4 Å². The molecule has 0 saturated carbocycles. The number of non-ortho nitro benzene ring substituents is 1. The minimum absolute atomic E-state index is 0.00357. The molecule has 0 atom stereocenters. The molecule has 27 heavy (non-hydrogen) atoms. The Morgan fingerprint density at radius 3 is 2.52 bits per heavy atom. The van der Waals surface area contributed by atoms with Crippen molar-refractivity contribution in [3.63, 3.8) is 0 Å². The Morgan fingerprint density at radius 2 is 1.85 bits per heavy atom. The van der Waals surface area contributed by atoms with Crippen molar-refractivity contribution in [2.45, 2.75) is 17.7 Å². The summed E-state index contributed by atoms with van der Waals surface area (Å²) in [6.07, 6.45) is 1.76. The molecule has 2 aromatic rings. The van der Waals surface area contributed by atoms with Crippen molar-refractivity contribution in [1.29, 1.82) is 0 Å². The number of carbonyl (C=O) groups excluding carboxylic acids is 1. The summed E-state index contributed by atoms with van der Waals surface area (Å²) in [7, 11) is -4.10. The maximum Gasteiger partial charge on any atom is 0.270 e. The maximum absolute atomic E-state index is 12.5. The molecule has 1 aliphatic heterocycles. The van der Waals surface area contributed by atoms with E-state index in [1.807, 2.05) is 0 Å². The van der Waals surface area contributed by atoms with E-state index in [1.54, 1.807) is 4.90 Å². The van der Waals surface area contributed by atoms with Crippen LogP contribution in [0.25, 0.3) is 0 Å². The van der Waals surface area contributed by atoms with E-state index in [2.05, 4.69) is 4.72 Å². The molecule has 1 heterocycles. The minimum atomic E-state index is -4.10. The molecule has 142 valence electrons. The number of amides is 1. The van der Waals surface area contributed by atoms with Crippen molar-refractivity contribution in [3.8, 4) is 5.75 Å². The van der Waals surface area contributed by atoms with E-state index in [9.17, 15) is 28.4 Å². The molecule has 2 aromatic carbocycles. The van der Waals surface area contributed by atoms with E-state index in [0.717, 1.165) is 18.9 Å². The van der Waals surface area contributed by atoms with E-state index < -0.39 is 14.9 Å². The molecule has 0 bridgehead atoms. The number of benzene rings is 2. The van der Waals surface area contributed by atoms with Gasteiger partial charge in [-0.1, -0.05) is 6.07 Å². The third-order valence-corrected chi connectivity index (χ3v) is 5.59. The molecule has 1 fully saturated rings. The second kappa shape index (κ2) is 7.23. The lowest BCUT2D eigenvalue weighted by Gasteiger charge is -2.17. The Hall–Kier alpha value is -3.14. The number of hydrogen-bond donors (Lipinski definition) is 2. The van der Waals surface area contributed by atoms with Crippen LogP contribution in [0.5, 0.6) is 5.75 Å². The lowest BCUT2D eigenvalue weighted by molar-refractivity contribution is -0.385. The predicted octanol–water partition coefficient (Wildman–Crippen LogP) is 2.34. The molecule has 1 aliphatic rings. The fraction of sp³-hybridized carbons (Fsp3) is 0.235. The summed E-state index contributed by atoms with van der Waals surface area (Å²) in [6.45, 7) is 1.17. The largest absolute Gasteiger partial charge is 0.507 e. The second-order valence-corrected chi connectivity index (χ2v) is 7.77. The molecule has 9 nitrogen and oxygen atoms in total. The highest BCUT2D eigenvalue weighted by Gasteiger charge is 2.23. The predicted molar refractivity (Wildman–Crippen MR) is 97.1 cm³/mol. The van der Waals surface area contributed by atoms with Gasteiger partial charge in [-0.05, 0) is 37.1 Å². The third kappa shape index (κ3) is 4.00. The van der Waals surface area contributed by atoms with Gasteiger partial charge in [-0.25, -0.2) is 8.42 Å². The quantitative estimate of drug-likeness (QED) is 0.457. The second-order valence-electron chi connectivity index (χ2n) is 6.09. The number of carbonyl (C=O) groups is 1. The van der Waals surface area contributed by atoms with E-state index in [0.29, 0.717) is 13.1 Å². The number of sulfonamides is 1. The molecule has 3 rings (SSSR count). The zero-order chi connectivity index (χ0) is 19.6. The lowest BCUT2D eigenvalue weighted by Crippen LogP contribution is -2.27. The van der Waals surface area contributed by atoms with Gasteiger partial charge in [-0.15, -0.1) is 0 Å². The van der Waals surface area contributed by atoms with Crippen LogP contribution in [0, 0.1) is 10.1 Å². The number of rotatable bonds is 5. The molecule has 1 amide bonds. The van der Waals surface area contributed by atoms with Crippen LogP contribution in [0.3, 0.4) is 0 Å². The van der Waals surface area contributed by atoms with Crippen LogP contribution in [-0.4, -0.2) is 42.3 Å². The number of likely N-dealkylation sites (tertiary alicyclic amines) is 1. The van der Waals surface area contributed by atoms with Crippen LogP contribution in [0.2, 0.25) is 0 Å². The van der Waals surface area contributed by atoms with E-state index in [-0.39, 0.29) is 33.5 Å². The third-order valence-electron chi connectivity index (χ3n) is 4.21. The first-order valence-corrected chi connectivity index (χ1v) is 9.66. The number of nitrogens with zero attached hydrogens (tertiary/aromatic N) is 2. The van der Waals surface area contributed by atoms with Gasteiger partial charge in [-0.3, -0.25) is 19.6 Å². The molecule has 1 saturated heterocycles. The summed E-state index contributed by atoms with van der Waals surface area (Å²) in [5.74, 6) is -0.619. The van der Waals surface area contributed by atoms with Crippen LogP contribution < -0.4 is 4.72 Å². The summed E-state index contributed by atoms with van der Waals surface area (Å²) >= 11 is 0. The Balaban J connectivity index is 1.89. The summed E-state index contributed by atoms with van der Waals surface area (Å²) < 4.78 is 27.3. The van der Waals surface area contributed by atoms with Crippen LogP contribution in [0.15, 0.2) is 47.4 Å². The average Bonchev–Trinajstić information content (AvgIpc) is 3.17. The van der Waals surface area contributed by atoms with Crippen molar-refractivity contribution in [3.05, 3.63) is 58.1 Å². The molecule has 0 aromatic heterocycles. The lowest BCUT2D eigenvalue weighted by atomic mass is 10.1. The van der Waals surface area contributed by atoms with Gasteiger partial charge in [-0.2, -0.15) is 0 Å². The molecule has 2 N–H and O–H groups in total. The van der Waals surface area contributed by atoms with Crippen molar-refractivity contribution in [2.24, 2.45) is 0 Å². The zero-order valence-corrected chi connectivity index (χ0v) is 15.0. The van der Waals surface area contributed by atoms with Crippen molar-refractivity contribution < 1.29 is 23.2 Å². The van der Waals surface area contributed by atoms with Gasteiger partial charge in [0, 0.05) is 30.9 Å². The zero-order valence-electron chi connectivity index (χ0n) is 14.2. The summed E-state index contributed by atoms with van der Waals surface area (Å²) in [6, 6.07) is 8.42. The minimum Gasteiger partial charge on any atom is -0.507 e. The molecule has 10 heteroatoms. The Bertz CT molecular complexity index is 999. The Kier molecular flexibility index (Phi) is 5.00. The van der Waals surface area contributed by atoms with Gasteiger partial charge < -0.3 is 10.0 Å². The first-order valence-electron chi connectivity index (χ1n) is 8.17. The van der Waals surface area contributed by atoms with Gasteiger partial charge in [0.2, 0.25) is 0 Å². The number of aromatic hydroxyl groups is 1. The summed E-state index contributed by atoms with van der Waals surface area (Å²) in [5.41, 5.74) is -0.286. The number of nitro groups is 1. The molecule has 0 radical (unpaired) electrons. The van der Waals surface area contributed by atoms with Gasteiger partial charge in [0.1, 0.15) is 5.75 Å². The van der Waals surface area contributed by atoms with Crippen LogP contribution in [0.1, 0.15) is 23.2 Å². The first-order chi connectivity index (χ1) is 12.8. The van der Waals surface area contributed by atoms with Crippen LogP contribution >= 0.6 is 0 Å². The van der Waals surface area contributed by atoms with Gasteiger partial charge >= 0.3 is 0 Å². The van der Waals surface area contributed by atoms with Crippen molar-refractivity contribution in [1.82, 2.24) is 4.90 Å². The van der Waals surface area contributed by atoms with E-state index in [1.165, 1.54) is 36.4 Å². The van der Waals surface area contributed by atoms with Crippen molar-refractivity contribution in [2.75, 3.05) is 17.8 Å². The fourth-order valence-electron chi connectivity index (χ4n) is 2.84. The molecule has 0 aliphatic carbocycles. The number of anilines is 1. The maximum atomic E-state index is 12.5. The van der Waals surface area contributed by atoms with Crippen LogP contribution in [-0.2, 0) is 10.0 Å². The highest BCUT2D eigenvalue weighted by molar-refractivity contribution is 7.92. The van der Waals surface area contributed by atoms with Gasteiger partial charge in [0.15, 0.2) is 0 Å². The number of nitro benzene ring substituents is 1. The number of phenols is 1. The van der Waals surface area contributed by atoms with Crippen molar-refractivity contribution >= 4 is 27.3 Å². The summed E-state index contributed by atoms with van der Waals surface area (Å²) in [5, 5.41) is 20.8. The van der Waals surface area contributed by atoms with Gasteiger partial charge in [0.25, 0.3) is 21.6 Å². The van der Waals surface area contributed by atoms with E-state index >= 15 is 0 Å². The molecule has 0 unspecified atom stereocenters. The molecule has 0 spiro atoms. The Labute approximate surface area is 155 Å². The normalized spacial score (nSPS) is 14.1. The monoisotopic (exact) mass is 391 g/mol. The molecular weight excluding hydrogens is 374 g/mol. The highest BCUT2D eigenvalue weighted by atomic mass is 32.2. The summed E-state index contributed by atoms with van der Waals surface area (Å²) in [4.78, 5) is 24.0. The topological polar surface area (TPSA) is 130 Å². The number of nitrogens with one attached hydrogen (secondary N) is 1. The Morgan fingerprint density at radius 1 is 1.15 bits per heavy atom. The number of hydrogen-bond acceptors (Lipinski definition) is 6. The fourth-order valence-corrected chi connectivity index (χ4v) is 3.93. The van der Waals surface area contributed by atoms with E-state index in [4.69, 9.17) is 0 Å². The average molecular weight is 391 g/mol. The van der Waals surface area contributed by atoms with Crippen LogP contribution in [0.4, 0.5) is 11.4 Å². The SMILES string of the molecule is O=C(c1cc(NS(=O)(=O)c2cccc([N+](=O)[O-])c2)ccc1O)N1CCCC1. The number of phenolic OH excluding ortho intramolecular Hbond substituents is 1.